The molecule has 4 aromatic rings. The third kappa shape index (κ3) is 9.34. The monoisotopic (exact) mass is 626 g/mol. The number of carbonyl (C=O) groups is 1. The van der Waals surface area contributed by atoms with Gasteiger partial charge in [0.15, 0.2) is 11.9 Å². The minimum absolute atomic E-state index is 0.00453. The van der Waals surface area contributed by atoms with Gasteiger partial charge in [0, 0.05) is 0 Å². The molecule has 0 spiro atoms. The Bertz CT molecular complexity index is 1500. The third-order valence-corrected chi connectivity index (χ3v) is 7.43. The first-order chi connectivity index (χ1) is 22.6. The average Bonchev–Trinajstić information content (AvgIpc) is 3.11. The molecule has 0 unspecified atom stereocenters. The SMILES string of the molecule is CCOC(=O)/C(F)=C1/O[C@H](COCc2ccccc2)[C@H](OCc2ccccc2)[C@H](OCc2ccccc2)[C@H]1OCc1ccccc1. The summed E-state index contributed by atoms with van der Waals surface area (Å²) in [4.78, 5) is 12.8. The lowest BCUT2D eigenvalue weighted by Crippen LogP contribution is -2.56. The molecule has 4 atom stereocenters. The number of esters is 1. The predicted octanol–water partition coefficient (Wildman–Crippen LogP) is 7.10. The van der Waals surface area contributed by atoms with Gasteiger partial charge in [0.05, 0.1) is 39.6 Å². The highest BCUT2D eigenvalue weighted by molar-refractivity contribution is 5.86. The van der Waals surface area contributed by atoms with Crippen LogP contribution in [-0.2, 0) is 59.6 Å². The van der Waals surface area contributed by atoms with Crippen molar-refractivity contribution in [1.82, 2.24) is 0 Å². The molecule has 0 bridgehead atoms. The molecule has 1 fully saturated rings. The van der Waals surface area contributed by atoms with E-state index >= 15 is 4.39 Å². The molecule has 0 saturated carbocycles. The maximum Gasteiger partial charge on any atom is 0.370 e. The summed E-state index contributed by atoms with van der Waals surface area (Å²) in [6, 6.07) is 38.5. The van der Waals surface area contributed by atoms with Gasteiger partial charge in [-0.05, 0) is 29.2 Å². The standard InChI is InChI=1S/C38H39FO7/c1-2-42-38(40)33(39)35-37(45-26-31-21-13-6-14-22-31)36(44-25-30-19-11-5-12-20-30)34(43-24-29-17-9-4-10-18-29)32(46-35)27-41-23-28-15-7-3-8-16-28/h3-22,32,34,36-37H,2,23-27H2,1H3/b35-33-/t32-,34+,36+,37+/m1/s1. The van der Waals surface area contributed by atoms with Crippen LogP contribution in [0.25, 0.3) is 0 Å². The first kappa shape index (κ1) is 33.0. The van der Waals surface area contributed by atoms with Crippen molar-refractivity contribution < 1.29 is 37.6 Å². The van der Waals surface area contributed by atoms with Crippen molar-refractivity contribution in [2.45, 2.75) is 57.8 Å². The number of ether oxygens (including phenoxy) is 6. The molecule has 1 aliphatic rings. The largest absolute Gasteiger partial charge is 0.483 e. The number of rotatable bonds is 15. The van der Waals surface area contributed by atoms with E-state index in [0.717, 1.165) is 22.3 Å². The highest BCUT2D eigenvalue weighted by Gasteiger charge is 2.49. The summed E-state index contributed by atoms with van der Waals surface area (Å²) < 4.78 is 52.8. The van der Waals surface area contributed by atoms with Crippen LogP contribution in [0.5, 0.6) is 0 Å². The van der Waals surface area contributed by atoms with E-state index in [1.54, 1.807) is 6.92 Å². The number of carbonyl (C=O) groups excluding carboxylic acids is 1. The minimum atomic E-state index is -1.18. The number of hydrogen-bond acceptors (Lipinski definition) is 7. The minimum Gasteiger partial charge on any atom is -0.483 e. The molecule has 240 valence electrons. The smallest absolute Gasteiger partial charge is 0.370 e. The van der Waals surface area contributed by atoms with Gasteiger partial charge in [-0.3, -0.25) is 0 Å². The van der Waals surface area contributed by atoms with E-state index in [4.69, 9.17) is 28.4 Å². The lowest BCUT2D eigenvalue weighted by atomic mass is 9.96. The van der Waals surface area contributed by atoms with Crippen LogP contribution < -0.4 is 0 Å². The molecule has 1 saturated heterocycles. The normalized spacial score (nSPS) is 20.5. The van der Waals surface area contributed by atoms with E-state index in [2.05, 4.69) is 0 Å². The number of benzene rings is 4. The molecule has 0 N–H and O–H groups in total. The van der Waals surface area contributed by atoms with Crippen molar-refractivity contribution in [2.75, 3.05) is 13.2 Å². The Morgan fingerprint density at radius 3 is 1.54 bits per heavy atom. The maximum absolute atomic E-state index is 16.0. The van der Waals surface area contributed by atoms with E-state index in [1.165, 1.54) is 0 Å². The van der Waals surface area contributed by atoms with Crippen molar-refractivity contribution in [1.29, 1.82) is 0 Å². The van der Waals surface area contributed by atoms with Crippen LogP contribution in [0.3, 0.4) is 0 Å². The average molecular weight is 627 g/mol. The highest BCUT2D eigenvalue weighted by atomic mass is 19.1. The molecule has 0 amide bonds. The summed E-state index contributed by atoms with van der Waals surface area (Å²) in [5.41, 5.74) is 3.67. The van der Waals surface area contributed by atoms with Crippen LogP contribution in [0, 0.1) is 0 Å². The molecule has 7 nitrogen and oxygen atoms in total. The molecule has 0 aromatic heterocycles. The molecule has 1 aliphatic heterocycles. The molecular formula is C38H39FO7. The van der Waals surface area contributed by atoms with Crippen LogP contribution >= 0.6 is 0 Å². The maximum atomic E-state index is 16.0. The van der Waals surface area contributed by atoms with Crippen LogP contribution in [0.4, 0.5) is 4.39 Å². The quantitative estimate of drug-likeness (QED) is 0.103. The van der Waals surface area contributed by atoms with Crippen molar-refractivity contribution in [3.8, 4) is 0 Å². The second-order valence-electron chi connectivity index (χ2n) is 10.8. The van der Waals surface area contributed by atoms with Crippen LogP contribution in [0.15, 0.2) is 133 Å². The first-order valence-corrected chi connectivity index (χ1v) is 15.4. The molecule has 0 radical (unpaired) electrons. The lowest BCUT2D eigenvalue weighted by molar-refractivity contribution is -0.225. The summed E-state index contributed by atoms with van der Waals surface area (Å²) in [5, 5.41) is 0. The third-order valence-electron chi connectivity index (χ3n) is 7.43. The van der Waals surface area contributed by atoms with E-state index in [1.807, 2.05) is 121 Å². The summed E-state index contributed by atoms with van der Waals surface area (Å²) >= 11 is 0. The zero-order valence-electron chi connectivity index (χ0n) is 25.8. The van der Waals surface area contributed by atoms with E-state index < -0.39 is 36.2 Å². The van der Waals surface area contributed by atoms with Gasteiger partial charge in [-0.15, -0.1) is 0 Å². The van der Waals surface area contributed by atoms with Gasteiger partial charge in [-0.1, -0.05) is 121 Å². The van der Waals surface area contributed by atoms with Crippen LogP contribution in [0.2, 0.25) is 0 Å². The van der Waals surface area contributed by atoms with Gasteiger partial charge in [0.25, 0.3) is 0 Å². The molecule has 8 heteroatoms. The zero-order valence-corrected chi connectivity index (χ0v) is 25.8. The Morgan fingerprint density at radius 2 is 1.07 bits per heavy atom. The van der Waals surface area contributed by atoms with Crippen molar-refractivity contribution in [2.24, 2.45) is 0 Å². The summed E-state index contributed by atoms with van der Waals surface area (Å²) in [6.07, 6.45) is -3.64. The van der Waals surface area contributed by atoms with Gasteiger partial charge in [-0.25, -0.2) is 4.79 Å². The van der Waals surface area contributed by atoms with Crippen molar-refractivity contribution in [3.05, 3.63) is 155 Å². The van der Waals surface area contributed by atoms with E-state index in [0.29, 0.717) is 6.61 Å². The summed E-state index contributed by atoms with van der Waals surface area (Å²) in [5.74, 6) is -2.62. The van der Waals surface area contributed by atoms with Crippen LogP contribution in [0.1, 0.15) is 29.2 Å². The van der Waals surface area contributed by atoms with Gasteiger partial charge < -0.3 is 28.4 Å². The van der Waals surface area contributed by atoms with E-state index in [-0.39, 0.29) is 38.8 Å². The van der Waals surface area contributed by atoms with Gasteiger partial charge >= 0.3 is 5.97 Å². The Hall–Kier alpha value is -4.34. The fourth-order valence-electron chi connectivity index (χ4n) is 5.15. The summed E-state index contributed by atoms with van der Waals surface area (Å²) in [7, 11) is 0. The Kier molecular flexibility index (Phi) is 12.5. The van der Waals surface area contributed by atoms with Crippen LogP contribution in [-0.4, -0.2) is 43.6 Å². The molecule has 5 rings (SSSR count). The fourth-order valence-corrected chi connectivity index (χ4v) is 5.15. The molecule has 4 aromatic carbocycles. The Morgan fingerprint density at radius 1 is 0.630 bits per heavy atom. The van der Waals surface area contributed by atoms with E-state index in [9.17, 15) is 4.79 Å². The number of hydrogen-bond donors (Lipinski definition) is 0. The Labute approximate surface area is 269 Å². The predicted molar refractivity (Wildman–Crippen MR) is 171 cm³/mol. The lowest BCUT2D eigenvalue weighted by Gasteiger charge is -2.43. The van der Waals surface area contributed by atoms with Gasteiger partial charge in [-0.2, -0.15) is 4.39 Å². The second-order valence-corrected chi connectivity index (χ2v) is 10.8. The molecular weight excluding hydrogens is 587 g/mol. The zero-order chi connectivity index (χ0) is 32.0. The summed E-state index contributed by atoms with van der Waals surface area (Å²) in [6.45, 7) is 2.48. The molecule has 46 heavy (non-hydrogen) atoms. The number of halogens is 1. The van der Waals surface area contributed by atoms with Gasteiger partial charge in [0.1, 0.15) is 18.3 Å². The van der Waals surface area contributed by atoms with Crippen molar-refractivity contribution in [3.63, 3.8) is 0 Å². The fraction of sp³-hybridized carbons (Fsp3) is 0.289. The molecule has 1 heterocycles. The Balaban J connectivity index is 1.50. The van der Waals surface area contributed by atoms with Gasteiger partial charge in [0.2, 0.25) is 5.83 Å². The topological polar surface area (TPSA) is 72.5 Å². The molecule has 0 aliphatic carbocycles. The van der Waals surface area contributed by atoms with Crippen molar-refractivity contribution >= 4 is 5.97 Å². The first-order valence-electron chi connectivity index (χ1n) is 15.4. The second kappa shape index (κ2) is 17.4. The highest BCUT2D eigenvalue weighted by Crippen LogP contribution is 2.35.